The van der Waals surface area contributed by atoms with Gasteiger partial charge in [-0.1, -0.05) is 57.1 Å². The van der Waals surface area contributed by atoms with E-state index in [0.717, 1.165) is 43.4 Å². The molecule has 1 fully saturated rings. The van der Waals surface area contributed by atoms with Gasteiger partial charge in [-0.05, 0) is 55.2 Å². The molecule has 0 aromatic carbocycles. The summed E-state index contributed by atoms with van der Waals surface area (Å²) in [7, 11) is 0. The van der Waals surface area contributed by atoms with Gasteiger partial charge in [0.2, 0.25) is 0 Å². The number of ether oxygens (including phenoxy) is 1. The molecule has 2 unspecified atom stereocenters. The summed E-state index contributed by atoms with van der Waals surface area (Å²) in [6.07, 6.45) is 13.0. The summed E-state index contributed by atoms with van der Waals surface area (Å²) < 4.78 is 11.4. The molecule has 3 rings (SSSR count). The highest BCUT2D eigenvalue weighted by Crippen LogP contribution is 2.60. The minimum absolute atomic E-state index is 0.0545. The third-order valence-corrected chi connectivity index (χ3v) is 6.09. The van der Waals surface area contributed by atoms with Gasteiger partial charge in [-0.25, -0.2) is 0 Å². The van der Waals surface area contributed by atoms with E-state index in [1.165, 1.54) is 5.57 Å². The number of furan rings is 1. The topological polar surface area (TPSA) is 56.5 Å². The first kappa shape index (κ1) is 21.4. The Balaban J connectivity index is 1.55. The fourth-order valence-corrected chi connectivity index (χ4v) is 4.15. The molecule has 2 aliphatic rings. The number of esters is 1. The molecular weight excluding hydrogens is 364 g/mol. The third-order valence-electron chi connectivity index (χ3n) is 6.09. The number of rotatable bonds is 9. The molecule has 0 N–H and O–H groups in total. The van der Waals surface area contributed by atoms with Crippen LogP contribution in [-0.2, 0) is 27.4 Å². The fraction of sp³-hybridized carbons (Fsp3) is 0.520. The second-order valence-electron chi connectivity index (χ2n) is 8.77. The van der Waals surface area contributed by atoms with E-state index in [9.17, 15) is 9.59 Å². The maximum Gasteiger partial charge on any atom is 0.310 e. The number of hydrogen-bond donors (Lipinski definition) is 0. The van der Waals surface area contributed by atoms with E-state index < -0.39 is 0 Å². The van der Waals surface area contributed by atoms with E-state index in [2.05, 4.69) is 39.0 Å². The van der Waals surface area contributed by atoms with Crippen LogP contribution in [0.4, 0.5) is 0 Å². The standard InChI is InChI=1S/C25H32O4/c1-5-9-19(17(2)26)15-22-23(25(22,3)4)24(27)28-16-21-13-12-20(29-21)14-18-10-7-6-8-11-18/h6-7,10,12-13,15,22-23H,5,8-9,11,14,16H2,1-4H3/b19-15+. The molecular formula is C25H32O4. The normalized spacial score (nSPS) is 22.9. The first-order valence-corrected chi connectivity index (χ1v) is 10.6. The van der Waals surface area contributed by atoms with Crippen molar-refractivity contribution < 1.29 is 18.7 Å². The predicted molar refractivity (Wildman–Crippen MR) is 113 cm³/mol. The van der Waals surface area contributed by atoms with E-state index in [-0.39, 0.29) is 35.6 Å². The van der Waals surface area contributed by atoms with Gasteiger partial charge in [0.25, 0.3) is 0 Å². The van der Waals surface area contributed by atoms with Gasteiger partial charge in [-0.15, -0.1) is 0 Å². The van der Waals surface area contributed by atoms with Crippen LogP contribution in [0.25, 0.3) is 0 Å². The van der Waals surface area contributed by atoms with Gasteiger partial charge in [0.05, 0.1) is 5.92 Å². The van der Waals surface area contributed by atoms with Crippen molar-refractivity contribution in [2.24, 2.45) is 17.3 Å². The number of carbonyl (C=O) groups is 2. The third kappa shape index (κ3) is 5.17. The smallest absolute Gasteiger partial charge is 0.310 e. The molecule has 156 valence electrons. The highest BCUT2D eigenvalue weighted by molar-refractivity contribution is 5.93. The van der Waals surface area contributed by atoms with Crippen LogP contribution in [0.15, 0.2) is 52.0 Å². The molecule has 4 nitrogen and oxygen atoms in total. The van der Waals surface area contributed by atoms with Crippen LogP contribution >= 0.6 is 0 Å². The number of ketones is 1. The number of carbonyl (C=O) groups excluding carboxylic acids is 2. The van der Waals surface area contributed by atoms with Crippen LogP contribution in [0.5, 0.6) is 0 Å². The molecule has 0 bridgehead atoms. The zero-order valence-corrected chi connectivity index (χ0v) is 18.0. The second kappa shape index (κ2) is 8.98. The molecule has 0 saturated heterocycles. The summed E-state index contributed by atoms with van der Waals surface area (Å²) in [5.41, 5.74) is 2.00. The average Bonchev–Trinajstić information content (AvgIpc) is 3.00. The first-order chi connectivity index (χ1) is 13.8. The van der Waals surface area contributed by atoms with Gasteiger partial charge in [0.1, 0.15) is 18.1 Å². The van der Waals surface area contributed by atoms with Crippen molar-refractivity contribution in [3.05, 3.63) is 59.1 Å². The lowest BCUT2D eigenvalue weighted by molar-refractivity contribution is -0.148. The summed E-state index contributed by atoms with van der Waals surface area (Å²) >= 11 is 0. The zero-order chi connectivity index (χ0) is 21.0. The van der Waals surface area contributed by atoms with Crippen molar-refractivity contribution in [3.63, 3.8) is 0 Å². The molecule has 29 heavy (non-hydrogen) atoms. The summed E-state index contributed by atoms with van der Waals surface area (Å²) in [5, 5.41) is 0. The SMILES string of the molecule is CCC/C(=C\C1C(C(=O)OCc2ccc(CC3=CC=CCC3)o2)C1(C)C)C(C)=O. The quantitative estimate of drug-likeness (QED) is 0.395. The molecule has 4 heteroatoms. The molecule has 0 amide bonds. The molecule has 2 atom stereocenters. The minimum Gasteiger partial charge on any atom is -0.462 e. The van der Waals surface area contributed by atoms with Crippen LogP contribution in [0.1, 0.15) is 64.9 Å². The van der Waals surface area contributed by atoms with E-state index in [1.807, 2.05) is 18.2 Å². The van der Waals surface area contributed by atoms with Gasteiger partial charge in [0.15, 0.2) is 5.78 Å². The summed E-state index contributed by atoms with van der Waals surface area (Å²) in [5.74, 6) is 1.29. The highest BCUT2D eigenvalue weighted by Gasteiger charge is 2.61. The maximum absolute atomic E-state index is 12.6. The molecule has 0 spiro atoms. The molecule has 0 aliphatic heterocycles. The van der Waals surface area contributed by atoms with Crippen molar-refractivity contribution in [2.75, 3.05) is 0 Å². The van der Waals surface area contributed by atoms with Gasteiger partial charge in [-0.2, -0.15) is 0 Å². The molecule has 2 aliphatic carbocycles. The lowest BCUT2D eigenvalue weighted by Gasteiger charge is -2.07. The highest BCUT2D eigenvalue weighted by atomic mass is 16.5. The van der Waals surface area contributed by atoms with Crippen molar-refractivity contribution in [1.29, 1.82) is 0 Å². The lowest BCUT2D eigenvalue weighted by atomic mass is 10.0. The summed E-state index contributed by atoms with van der Waals surface area (Å²) in [6, 6.07) is 3.84. The Morgan fingerprint density at radius 2 is 2.03 bits per heavy atom. The van der Waals surface area contributed by atoms with Crippen LogP contribution in [-0.4, -0.2) is 11.8 Å². The largest absolute Gasteiger partial charge is 0.462 e. The van der Waals surface area contributed by atoms with Gasteiger partial charge in [-0.3, -0.25) is 9.59 Å². The molecule has 1 aromatic heterocycles. The number of allylic oxidation sites excluding steroid dienone is 6. The molecule has 1 heterocycles. The Morgan fingerprint density at radius 3 is 2.69 bits per heavy atom. The van der Waals surface area contributed by atoms with E-state index >= 15 is 0 Å². The predicted octanol–water partition coefficient (Wildman–Crippen LogP) is 5.73. The van der Waals surface area contributed by atoms with Gasteiger partial charge >= 0.3 is 5.97 Å². The lowest BCUT2D eigenvalue weighted by Crippen LogP contribution is -2.10. The summed E-state index contributed by atoms with van der Waals surface area (Å²) in [6.45, 7) is 7.91. The Morgan fingerprint density at radius 1 is 1.28 bits per heavy atom. The van der Waals surface area contributed by atoms with Crippen molar-refractivity contribution in [1.82, 2.24) is 0 Å². The molecule has 1 saturated carbocycles. The fourth-order valence-electron chi connectivity index (χ4n) is 4.15. The van der Waals surface area contributed by atoms with Crippen molar-refractivity contribution in [3.8, 4) is 0 Å². The van der Waals surface area contributed by atoms with Crippen molar-refractivity contribution >= 4 is 11.8 Å². The van der Waals surface area contributed by atoms with E-state index in [1.54, 1.807) is 6.92 Å². The van der Waals surface area contributed by atoms with Crippen LogP contribution in [0.3, 0.4) is 0 Å². The van der Waals surface area contributed by atoms with Gasteiger partial charge < -0.3 is 9.15 Å². The van der Waals surface area contributed by atoms with E-state index in [0.29, 0.717) is 5.76 Å². The Kier molecular flexibility index (Phi) is 6.61. The maximum atomic E-state index is 12.6. The van der Waals surface area contributed by atoms with E-state index in [4.69, 9.17) is 9.15 Å². The van der Waals surface area contributed by atoms with Crippen LogP contribution < -0.4 is 0 Å². The second-order valence-corrected chi connectivity index (χ2v) is 8.77. The minimum atomic E-state index is -0.214. The van der Waals surface area contributed by atoms with Crippen LogP contribution in [0.2, 0.25) is 0 Å². The summed E-state index contributed by atoms with van der Waals surface area (Å²) in [4.78, 5) is 24.5. The van der Waals surface area contributed by atoms with Gasteiger partial charge in [0, 0.05) is 6.42 Å². The monoisotopic (exact) mass is 396 g/mol. The molecule has 1 aromatic rings. The number of hydrogen-bond acceptors (Lipinski definition) is 4. The average molecular weight is 397 g/mol. The Bertz CT molecular complexity index is 850. The van der Waals surface area contributed by atoms with Crippen molar-refractivity contribution in [2.45, 2.75) is 66.4 Å². The first-order valence-electron chi connectivity index (χ1n) is 10.6. The number of Topliss-reactive ketones (excluding diaryl/α,β-unsaturated/α-hetero) is 1. The Labute approximate surface area is 173 Å². The van der Waals surface area contributed by atoms with Crippen LogP contribution in [0, 0.1) is 17.3 Å². The zero-order valence-electron chi connectivity index (χ0n) is 18.0. The molecule has 0 radical (unpaired) electrons. The Hall–Kier alpha value is -2.36.